The van der Waals surface area contributed by atoms with Gasteiger partial charge in [-0.3, -0.25) is 0 Å². The van der Waals surface area contributed by atoms with Gasteiger partial charge in [0.05, 0.1) is 0 Å². The fourth-order valence-electron chi connectivity index (χ4n) is 2.28. The van der Waals surface area contributed by atoms with E-state index in [2.05, 4.69) is 43.3 Å². The van der Waals surface area contributed by atoms with Gasteiger partial charge in [0.1, 0.15) is 0 Å². The number of benzene rings is 1. The summed E-state index contributed by atoms with van der Waals surface area (Å²) in [6.45, 7) is 6.34. The second-order valence-corrected chi connectivity index (χ2v) is 3.98. The molecule has 3 rings (SSSR count). The second-order valence-electron chi connectivity index (χ2n) is 3.98. The molecule has 0 spiro atoms. The normalized spacial score (nSPS) is 30.9. The Kier molecular flexibility index (Phi) is 2.45. The third-order valence-electron chi connectivity index (χ3n) is 3.26. The molecule has 0 N–H and O–H groups in total. The van der Waals surface area contributed by atoms with Crippen LogP contribution in [-0.4, -0.2) is 0 Å². The lowest BCUT2D eigenvalue weighted by Gasteiger charge is -1.96. The Morgan fingerprint density at radius 2 is 1.29 bits per heavy atom. The smallest absolute Gasteiger partial charge is 0.0127 e. The van der Waals surface area contributed by atoms with Crippen molar-refractivity contribution < 1.29 is 0 Å². The molecule has 1 aromatic carbocycles. The average Bonchev–Trinajstić information content (AvgIpc) is 2.89. The molecule has 2 atom stereocenters. The Balaban J connectivity index is 0.000000354. The van der Waals surface area contributed by atoms with E-state index in [1.165, 1.54) is 10.4 Å². The molecule has 0 heteroatoms. The first-order valence-electron chi connectivity index (χ1n) is 5.65. The molecule has 0 saturated heterocycles. The minimum atomic E-state index is 0.847. The average molecular weight is 186 g/mol. The third kappa shape index (κ3) is 1.39. The van der Waals surface area contributed by atoms with Gasteiger partial charge in [-0.15, -0.1) is 0 Å². The molecule has 1 saturated carbocycles. The summed E-state index contributed by atoms with van der Waals surface area (Å²) in [7, 11) is 0. The molecule has 14 heavy (non-hydrogen) atoms. The van der Waals surface area contributed by atoms with Gasteiger partial charge in [-0.1, -0.05) is 57.2 Å². The van der Waals surface area contributed by atoms with E-state index in [0.29, 0.717) is 0 Å². The first-order valence-corrected chi connectivity index (χ1v) is 5.65. The fourth-order valence-corrected chi connectivity index (χ4v) is 2.28. The van der Waals surface area contributed by atoms with Crippen molar-refractivity contribution in [3.63, 3.8) is 0 Å². The van der Waals surface area contributed by atoms with Crippen LogP contribution in [-0.2, 0) is 0 Å². The molecule has 2 aliphatic rings. The van der Waals surface area contributed by atoms with Gasteiger partial charge < -0.3 is 0 Å². The van der Waals surface area contributed by atoms with E-state index in [1.807, 2.05) is 13.8 Å². The topological polar surface area (TPSA) is 0 Å². The molecule has 0 aliphatic heterocycles. The van der Waals surface area contributed by atoms with Crippen molar-refractivity contribution in [1.82, 2.24) is 0 Å². The summed E-state index contributed by atoms with van der Waals surface area (Å²) < 4.78 is 0. The monoisotopic (exact) mass is 186 g/mol. The maximum Gasteiger partial charge on any atom is -0.0127 e. The summed E-state index contributed by atoms with van der Waals surface area (Å²) in [5.41, 5.74) is 0. The van der Waals surface area contributed by atoms with E-state index in [4.69, 9.17) is 0 Å². The molecule has 1 fully saturated rings. The first kappa shape index (κ1) is 9.51. The molecule has 74 valence electrons. The van der Waals surface area contributed by atoms with E-state index in [-0.39, 0.29) is 0 Å². The van der Waals surface area contributed by atoms with Crippen molar-refractivity contribution >= 4 is 12.2 Å². The minimum Gasteiger partial charge on any atom is -0.0727 e. The van der Waals surface area contributed by atoms with Gasteiger partial charge in [0.15, 0.2) is 0 Å². The van der Waals surface area contributed by atoms with E-state index >= 15 is 0 Å². The zero-order valence-corrected chi connectivity index (χ0v) is 9.20. The fraction of sp³-hybridized carbons (Fsp3) is 0.429. The summed E-state index contributed by atoms with van der Waals surface area (Å²) in [4.78, 5) is 0. The lowest BCUT2D eigenvalue weighted by Crippen LogP contribution is -2.26. The van der Waals surface area contributed by atoms with Crippen molar-refractivity contribution in [2.45, 2.75) is 20.8 Å². The maximum atomic E-state index is 2.44. The van der Waals surface area contributed by atoms with E-state index < -0.39 is 0 Å². The SMILES string of the molecule is CC.CC1C2C=c3ccccc3=CC12. The summed E-state index contributed by atoms with van der Waals surface area (Å²) >= 11 is 0. The zero-order chi connectivity index (χ0) is 10.1. The van der Waals surface area contributed by atoms with Gasteiger partial charge in [0.2, 0.25) is 0 Å². The largest absolute Gasteiger partial charge is 0.0727 e. The van der Waals surface area contributed by atoms with Crippen LogP contribution < -0.4 is 10.4 Å². The molecule has 0 radical (unpaired) electrons. The van der Waals surface area contributed by atoms with Crippen molar-refractivity contribution in [2.24, 2.45) is 17.8 Å². The Morgan fingerprint density at radius 1 is 0.857 bits per heavy atom. The number of fused-ring (bicyclic) bond motifs is 2. The van der Waals surface area contributed by atoms with E-state index in [1.54, 1.807) is 0 Å². The molecular formula is C14H18. The van der Waals surface area contributed by atoms with Crippen molar-refractivity contribution in [1.29, 1.82) is 0 Å². The lowest BCUT2D eigenvalue weighted by atomic mass is 10.1. The summed E-state index contributed by atoms with van der Waals surface area (Å²) in [5.74, 6) is 2.58. The second kappa shape index (κ2) is 3.61. The molecule has 1 aromatic rings. The standard InChI is InChI=1S/C12H12.C2H6/c1-8-11-6-9-4-2-3-5-10(9)7-12(8)11;1-2/h2-8,11-12H,1H3;1-2H3. The molecule has 0 nitrogen and oxygen atoms in total. The van der Waals surface area contributed by atoms with Gasteiger partial charge in [-0.25, -0.2) is 0 Å². The highest BCUT2D eigenvalue weighted by atomic mass is 14.5. The van der Waals surface area contributed by atoms with Gasteiger partial charge >= 0.3 is 0 Å². The van der Waals surface area contributed by atoms with E-state index in [9.17, 15) is 0 Å². The van der Waals surface area contributed by atoms with Crippen LogP contribution in [0.5, 0.6) is 0 Å². The van der Waals surface area contributed by atoms with Crippen LogP contribution in [0.3, 0.4) is 0 Å². The molecule has 2 unspecified atom stereocenters. The molecular weight excluding hydrogens is 168 g/mol. The summed E-state index contributed by atoms with van der Waals surface area (Å²) in [5, 5.41) is 2.87. The Morgan fingerprint density at radius 3 is 1.71 bits per heavy atom. The number of hydrogen-bond acceptors (Lipinski definition) is 0. The minimum absolute atomic E-state index is 0.847. The van der Waals surface area contributed by atoms with Crippen LogP contribution in [0.15, 0.2) is 24.3 Å². The predicted molar refractivity (Wildman–Crippen MR) is 62.1 cm³/mol. The van der Waals surface area contributed by atoms with Crippen molar-refractivity contribution in [3.8, 4) is 0 Å². The van der Waals surface area contributed by atoms with Crippen molar-refractivity contribution in [2.75, 3.05) is 0 Å². The lowest BCUT2D eigenvalue weighted by molar-refractivity contribution is 0.906. The molecule has 0 bridgehead atoms. The molecule has 2 aliphatic carbocycles. The van der Waals surface area contributed by atoms with Crippen LogP contribution in [0.1, 0.15) is 20.8 Å². The number of rotatable bonds is 0. The first-order chi connectivity index (χ1) is 6.86. The highest BCUT2D eigenvalue weighted by Gasteiger charge is 2.43. The van der Waals surface area contributed by atoms with E-state index in [0.717, 1.165) is 17.8 Å². The molecule has 0 aromatic heterocycles. The quantitative estimate of drug-likeness (QED) is 0.582. The zero-order valence-electron chi connectivity index (χ0n) is 9.20. The van der Waals surface area contributed by atoms with Gasteiger partial charge in [0, 0.05) is 0 Å². The summed E-state index contributed by atoms with van der Waals surface area (Å²) in [6, 6.07) is 8.67. The number of hydrogen-bond donors (Lipinski definition) is 0. The maximum absolute atomic E-state index is 2.44. The van der Waals surface area contributed by atoms with Crippen molar-refractivity contribution in [3.05, 3.63) is 34.7 Å². The van der Waals surface area contributed by atoms with Gasteiger partial charge in [-0.05, 0) is 28.2 Å². The van der Waals surface area contributed by atoms with Crippen LogP contribution in [0.4, 0.5) is 0 Å². The molecule has 0 amide bonds. The Bertz CT molecular complexity index is 387. The van der Waals surface area contributed by atoms with Crippen LogP contribution in [0.2, 0.25) is 0 Å². The Hall–Kier alpha value is -1.04. The van der Waals surface area contributed by atoms with Crippen LogP contribution >= 0.6 is 0 Å². The van der Waals surface area contributed by atoms with Crippen LogP contribution in [0, 0.1) is 17.8 Å². The highest BCUT2D eigenvalue weighted by molar-refractivity contribution is 5.50. The predicted octanol–water partition coefficient (Wildman–Crippen LogP) is 2.17. The highest BCUT2D eigenvalue weighted by Crippen LogP contribution is 2.48. The van der Waals surface area contributed by atoms with Gasteiger partial charge in [0.25, 0.3) is 0 Å². The van der Waals surface area contributed by atoms with Crippen LogP contribution in [0.25, 0.3) is 12.2 Å². The van der Waals surface area contributed by atoms with Gasteiger partial charge in [-0.2, -0.15) is 0 Å². The third-order valence-corrected chi connectivity index (χ3v) is 3.26. The Labute approximate surface area is 86.0 Å². The molecule has 0 heterocycles. The summed E-state index contributed by atoms with van der Waals surface area (Å²) in [6.07, 6.45) is 4.87.